The normalized spacial score (nSPS) is 24.8. The molecule has 0 radical (unpaired) electrons. The summed E-state index contributed by atoms with van der Waals surface area (Å²) in [6.45, 7) is 1.52. The van der Waals surface area contributed by atoms with Crippen molar-refractivity contribution < 1.29 is 13.9 Å². The first-order valence-electron chi connectivity index (χ1n) is 6.14. The summed E-state index contributed by atoms with van der Waals surface area (Å²) in [5.41, 5.74) is 0.611. The van der Waals surface area contributed by atoms with E-state index < -0.39 is 0 Å². The van der Waals surface area contributed by atoms with Crippen LogP contribution in [0.1, 0.15) is 17.9 Å². The van der Waals surface area contributed by atoms with E-state index in [9.17, 15) is 9.18 Å². The van der Waals surface area contributed by atoms with Crippen LogP contribution in [0.25, 0.3) is 0 Å². The molecule has 0 amide bonds. The van der Waals surface area contributed by atoms with Gasteiger partial charge in [0.25, 0.3) is 0 Å². The number of methoxy groups -OCH3 is 1. The number of carbonyl (C=O) groups excluding carboxylic acids is 1. The van der Waals surface area contributed by atoms with Gasteiger partial charge in [-0.25, -0.2) is 4.39 Å². The maximum atomic E-state index is 13.9. The molecule has 1 aliphatic heterocycles. The number of halogens is 1. The van der Waals surface area contributed by atoms with Crippen molar-refractivity contribution in [1.29, 1.82) is 0 Å². The Morgan fingerprint density at radius 2 is 2.17 bits per heavy atom. The number of esters is 1. The van der Waals surface area contributed by atoms with E-state index in [2.05, 4.69) is 4.90 Å². The second-order valence-corrected chi connectivity index (χ2v) is 4.81. The van der Waals surface area contributed by atoms with Crippen LogP contribution in [0.4, 0.5) is 4.39 Å². The molecule has 98 valence electrons. The topological polar surface area (TPSA) is 29.5 Å². The van der Waals surface area contributed by atoms with Crippen molar-refractivity contribution in [3.8, 4) is 0 Å². The van der Waals surface area contributed by atoms with E-state index in [1.54, 1.807) is 18.2 Å². The number of nitrogens with zero attached hydrogens (tertiary/aromatic N) is 1. The minimum Gasteiger partial charge on any atom is -0.469 e. The Labute approximate surface area is 107 Å². The molecule has 0 saturated carbocycles. The molecule has 2 atom stereocenters. The fraction of sp³-hybridized carbons (Fsp3) is 0.500. The molecule has 2 unspecified atom stereocenters. The van der Waals surface area contributed by atoms with E-state index in [1.807, 2.05) is 7.05 Å². The molecule has 3 nitrogen and oxygen atoms in total. The zero-order valence-corrected chi connectivity index (χ0v) is 10.7. The smallest absolute Gasteiger partial charge is 0.309 e. The van der Waals surface area contributed by atoms with E-state index in [0.29, 0.717) is 18.5 Å². The van der Waals surface area contributed by atoms with Crippen LogP contribution in [0.3, 0.4) is 0 Å². The largest absolute Gasteiger partial charge is 0.469 e. The molecule has 1 saturated heterocycles. The number of ether oxygens (including phenoxy) is 1. The second kappa shape index (κ2) is 5.48. The van der Waals surface area contributed by atoms with Gasteiger partial charge in [0, 0.05) is 12.5 Å². The van der Waals surface area contributed by atoms with Crippen molar-refractivity contribution in [2.45, 2.75) is 12.3 Å². The fourth-order valence-corrected chi connectivity index (χ4v) is 2.64. The fourth-order valence-electron chi connectivity index (χ4n) is 2.64. The average molecular weight is 251 g/mol. The molecular formula is C14H18FNO2. The van der Waals surface area contributed by atoms with E-state index in [-0.39, 0.29) is 23.6 Å². The standard InChI is InChI=1S/C14H18FNO2/c1-16-8-7-11(14(17)18-2)12(9-16)10-5-3-4-6-13(10)15/h3-6,11-12H,7-9H2,1-2H3. The maximum Gasteiger partial charge on any atom is 0.309 e. The number of hydrogen-bond acceptors (Lipinski definition) is 3. The molecule has 1 heterocycles. The van der Waals surface area contributed by atoms with Gasteiger partial charge in [-0.3, -0.25) is 4.79 Å². The highest BCUT2D eigenvalue weighted by Crippen LogP contribution is 2.34. The number of likely N-dealkylation sites (N-methyl/N-ethyl adjacent to an activating group) is 1. The lowest BCUT2D eigenvalue weighted by atomic mass is 9.80. The maximum absolute atomic E-state index is 13.9. The first-order valence-corrected chi connectivity index (χ1v) is 6.14. The van der Waals surface area contributed by atoms with E-state index in [0.717, 1.165) is 6.54 Å². The molecule has 1 aromatic rings. The summed E-state index contributed by atoms with van der Waals surface area (Å²) >= 11 is 0. The lowest BCUT2D eigenvalue weighted by Gasteiger charge is -2.35. The highest BCUT2D eigenvalue weighted by atomic mass is 19.1. The zero-order chi connectivity index (χ0) is 13.1. The highest BCUT2D eigenvalue weighted by Gasteiger charge is 2.35. The summed E-state index contributed by atoms with van der Waals surface area (Å²) in [7, 11) is 3.38. The van der Waals surface area contributed by atoms with Gasteiger partial charge in [-0.15, -0.1) is 0 Å². The third-order valence-electron chi connectivity index (χ3n) is 3.62. The van der Waals surface area contributed by atoms with Crippen LogP contribution < -0.4 is 0 Å². The van der Waals surface area contributed by atoms with Crippen molar-refractivity contribution >= 4 is 5.97 Å². The first-order chi connectivity index (χ1) is 8.63. The Balaban J connectivity index is 2.31. The monoisotopic (exact) mass is 251 g/mol. The predicted octanol–water partition coefficient (Wildman–Crippen LogP) is 2.03. The van der Waals surface area contributed by atoms with Crippen LogP contribution in [-0.2, 0) is 9.53 Å². The number of piperidine rings is 1. The van der Waals surface area contributed by atoms with Crippen molar-refractivity contribution in [3.05, 3.63) is 35.6 Å². The number of benzene rings is 1. The van der Waals surface area contributed by atoms with Gasteiger partial charge in [0.1, 0.15) is 5.82 Å². The Bertz CT molecular complexity index is 436. The molecule has 0 N–H and O–H groups in total. The quantitative estimate of drug-likeness (QED) is 0.753. The Morgan fingerprint density at radius 3 is 2.83 bits per heavy atom. The van der Waals surface area contributed by atoms with Crippen molar-refractivity contribution in [2.75, 3.05) is 27.2 Å². The molecule has 1 fully saturated rings. The summed E-state index contributed by atoms with van der Waals surface area (Å²) in [4.78, 5) is 13.9. The van der Waals surface area contributed by atoms with Gasteiger partial charge in [-0.05, 0) is 31.6 Å². The van der Waals surface area contributed by atoms with Gasteiger partial charge in [0.05, 0.1) is 13.0 Å². The van der Waals surface area contributed by atoms with Crippen LogP contribution in [0.2, 0.25) is 0 Å². The van der Waals surface area contributed by atoms with Gasteiger partial charge in [0.2, 0.25) is 0 Å². The molecule has 0 aromatic heterocycles. The van der Waals surface area contributed by atoms with Crippen molar-refractivity contribution in [2.24, 2.45) is 5.92 Å². The molecule has 1 aliphatic rings. The third-order valence-corrected chi connectivity index (χ3v) is 3.62. The Morgan fingerprint density at radius 1 is 1.44 bits per heavy atom. The van der Waals surface area contributed by atoms with Crippen molar-refractivity contribution in [1.82, 2.24) is 4.90 Å². The first kappa shape index (κ1) is 13.0. The number of carbonyl (C=O) groups is 1. The van der Waals surface area contributed by atoms with E-state index in [1.165, 1.54) is 13.2 Å². The van der Waals surface area contributed by atoms with E-state index >= 15 is 0 Å². The third kappa shape index (κ3) is 2.53. The molecule has 0 aliphatic carbocycles. The Hall–Kier alpha value is -1.42. The molecule has 0 bridgehead atoms. The average Bonchev–Trinajstić information content (AvgIpc) is 2.38. The van der Waals surface area contributed by atoms with Crippen LogP contribution in [0.5, 0.6) is 0 Å². The van der Waals surface area contributed by atoms with Gasteiger partial charge >= 0.3 is 5.97 Å². The highest BCUT2D eigenvalue weighted by molar-refractivity contribution is 5.73. The molecule has 4 heteroatoms. The SMILES string of the molecule is COC(=O)C1CCN(C)CC1c1ccccc1F. The van der Waals surface area contributed by atoms with Crippen molar-refractivity contribution in [3.63, 3.8) is 0 Å². The minimum atomic E-state index is -0.247. The number of hydrogen-bond donors (Lipinski definition) is 0. The van der Waals surface area contributed by atoms with Crippen LogP contribution >= 0.6 is 0 Å². The summed E-state index contributed by atoms with van der Waals surface area (Å²) in [5.74, 6) is -0.858. The minimum absolute atomic E-state index is 0.127. The summed E-state index contributed by atoms with van der Waals surface area (Å²) in [6, 6.07) is 6.67. The molecule has 18 heavy (non-hydrogen) atoms. The number of rotatable bonds is 2. The van der Waals surface area contributed by atoms with Gasteiger partial charge in [-0.2, -0.15) is 0 Å². The van der Waals surface area contributed by atoms with Gasteiger partial charge < -0.3 is 9.64 Å². The van der Waals surface area contributed by atoms with Gasteiger partial charge in [0.15, 0.2) is 0 Å². The molecule has 1 aromatic carbocycles. The summed E-state index contributed by atoms with van der Waals surface area (Å²) < 4.78 is 18.7. The van der Waals surface area contributed by atoms with Gasteiger partial charge in [-0.1, -0.05) is 18.2 Å². The van der Waals surface area contributed by atoms with E-state index in [4.69, 9.17) is 4.74 Å². The second-order valence-electron chi connectivity index (χ2n) is 4.81. The van der Waals surface area contributed by atoms with Crippen LogP contribution in [0.15, 0.2) is 24.3 Å². The summed E-state index contributed by atoms with van der Waals surface area (Å²) in [6.07, 6.45) is 0.710. The van der Waals surface area contributed by atoms with Crippen LogP contribution in [0, 0.1) is 11.7 Å². The molecule has 2 rings (SSSR count). The lowest BCUT2D eigenvalue weighted by Crippen LogP contribution is -2.40. The summed E-state index contributed by atoms with van der Waals surface area (Å²) in [5, 5.41) is 0. The van der Waals surface area contributed by atoms with Crippen LogP contribution in [-0.4, -0.2) is 38.1 Å². The zero-order valence-electron chi connectivity index (χ0n) is 10.7. The Kier molecular flexibility index (Phi) is 3.97. The molecule has 0 spiro atoms. The number of likely N-dealkylation sites (tertiary alicyclic amines) is 1. The predicted molar refractivity (Wildman–Crippen MR) is 66.8 cm³/mol. The lowest BCUT2D eigenvalue weighted by molar-refractivity contribution is -0.147. The molecular weight excluding hydrogens is 233 g/mol.